The van der Waals surface area contributed by atoms with E-state index in [1.165, 1.54) is 5.56 Å². The lowest BCUT2D eigenvalue weighted by Gasteiger charge is -2.38. The molecule has 12 heteroatoms. The molecule has 31 heavy (non-hydrogen) atoms. The second-order valence-corrected chi connectivity index (χ2v) is 10.2. The van der Waals surface area contributed by atoms with E-state index in [0.29, 0.717) is 6.61 Å². The number of carboxylic acids is 1. The highest BCUT2D eigenvalue weighted by atomic mass is 32.2. The molecule has 2 saturated heterocycles. The van der Waals surface area contributed by atoms with Gasteiger partial charge in [0.15, 0.2) is 0 Å². The molecule has 1 aromatic rings. The number of aromatic nitrogens is 1. The van der Waals surface area contributed by atoms with E-state index in [9.17, 15) is 21.6 Å². The fourth-order valence-electron chi connectivity index (χ4n) is 3.93. The monoisotopic (exact) mass is 465 g/mol. The van der Waals surface area contributed by atoms with E-state index in [0.717, 1.165) is 51.7 Å². The molecule has 4 rings (SSSR count). The average molecular weight is 465 g/mol. The Morgan fingerprint density at radius 2 is 2.06 bits per heavy atom. The van der Waals surface area contributed by atoms with E-state index in [-0.39, 0.29) is 16.9 Å². The molecule has 0 unspecified atom stereocenters. The van der Waals surface area contributed by atoms with Gasteiger partial charge in [0.25, 0.3) is 0 Å². The van der Waals surface area contributed by atoms with Crippen LogP contribution in [0.25, 0.3) is 0 Å². The van der Waals surface area contributed by atoms with Gasteiger partial charge in [0.1, 0.15) is 0 Å². The van der Waals surface area contributed by atoms with E-state index in [1.54, 1.807) is 6.20 Å². The van der Waals surface area contributed by atoms with Gasteiger partial charge in [-0.3, -0.25) is 9.88 Å². The predicted molar refractivity (Wildman–Crippen MR) is 105 cm³/mol. The first-order chi connectivity index (χ1) is 14.5. The molecule has 2 atom stereocenters. The van der Waals surface area contributed by atoms with Gasteiger partial charge in [-0.05, 0) is 43.7 Å². The zero-order valence-electron chi connectivity index (χ0n) is 16.8. The number of pyridine rings is 1. The Morgan fingerprint density at radius 1 is 1.35 bits per heavy atom. The van der Waals surface area contributed by atoms with Gasteiger partial charge in [0.05, 0.1) is 10.9 Å². The molecule has 1 spiro atoms. The quantitative estimate of drug-likeness (QED) is 0.684. The lowest BCUT2D eigenvalue weighted by molar-refractivity contribution is -0.192. The summed E-state index contributed by atoms with van der Waals surface area (Å²) in [5.41, 5.74) is 1.01. The Morgan fingerprint density at radius 3 is 2.65 bits per heavy atom. The van der Waals surface area contributed by atoms with Crippen LogP contribution in [0.4, 0.5) is 13.2 Å². The molecule has 0 radical (unpaired) electrons. The largest absolute Gasteiger partial charge is 0.490 e. The lowest BCUT2D eigenvalue weighted by Crippen LogP contribution is -2.50. The van der Waals surface area contributed by atoms with Crippen LogP contribution in [0, 0.1) is 0 Å². The highest BCUT2D eigenvalue weighted by Crippen LogP contribution is 2.36. The van der Waals surface area contributed by atoms with E-state index < -0.39 is 22.2 Å². The number of sulfonamides is 1. The van der Waals surface area contributed by atoms with Crippen LogP contribution < -0.4 is 4.72 Å². The third kappa shape index (κ3) is 6.86. The van der Waals surface area contributed by atoms with Gasteiger partial charge in [-0.1, -0.05) is 6.07 Å². The van der Waals surface area contributed by atoms with E-state index in [2.05, 4.69) is 20.7 Å². The summed E-state index contributed by atoms with van der Waals surface area (Å²) >= 11 is 0. The number of carboxylic acid groups (broad SMARTS) is 1. The van der Waals surface area contributed by atoms with Crippen LogP contribution in [0.5, 0.6) is 0 Å². The van der Waals surface area contributed by atoms with Crippen molar-refractivity contribution in [3.8, 4) is 0 Å². The van der Waals surface area contributed by atoms with Crippen molar-refractivity contribution in [2.45, 2.75) is 61.7 Å². The fraction of sp³-hybridized carbons (Fsp3) is 0.684. The molecule has 0 bridgehead atoms. The maximum absolute atomic E-state index is 12.2. The molecule has 0 aromatic carbocycles. The van der Waals surface area contributed by atoms with Crippen LogP contribution in [0.1, 0.15) is 37.7 Å². The summed E-state index contributed by atoms with van der Waals surface area (Å²) in [6.45, 7) is 3.36. The van der Waals surface area contributed by atoms with Gasteiger partial charge in [-0.25, -0.2) is 17.9 Å². The smallest absolute Gasteiger partial charge is 0.475 e. The maximum atomic E-state index is 12.2. The summed E-state index contributed by atoms with van der Waals surface area (Å²) in [4.78, 5) is 15.5. The summed E-state index contributed by atoms with van der Waals surface area (Å²) in [5.74, 6) is -2.76. The Hall–Kier alpha value is -1.76. The molecule has 2 N–H and O–H groups in total. The van der Waals surface area contributed by atoms with Crippen LogP contribution in [0.3, 0.4) is 0 Å². The molecule has 3 fully saturated rings. The van der Waals surface area contributed by atoms with Gasteiger partial charge in [0, 0.05) is 44.7 Å². The van der Waals surface area contributed by atoms with Crippen molar-refractivity contribution in [2.75, 3.05) is 19.7 Å². The van der Waals surface area contributed by atoms with Crippen molar-refractivity contribution >= 4 is 16.0 Å². The number of ether oxygens (including phenoxy) is 1. The summed E-state index contributed by atoms with van der Waals surface area (Å²) in [6, 6.07) is 4.07. The topological polar surface area (TPSA) is 109 Å². The van der Waals surface area contributed by atoms with Crippen molar-refractivity contribution in [3.63, 3.8) is 0 Å². The lowest BCUT2D eigenvalue weighted by atomic mass is 9.90. The number of aliphatic carboxylic acids is 1. The third-order valence-electron chi connectivity index (χ3n) is 5.55. The summed E-state index contributed by atoms with van der Waals surface area (Å²) < 4.78 is 65.2. The average Bonchev–Trinajstić information content (AvgIpc) is 3.48. The van der Waals surface area contributed by atoms with Gasteiger partial charge >= 0.3 is 12.1 Å². The third-order valence-corrected chi connectivity index (χ3v) is 7.56. The van der Waals surface area contributed by atoms with Crippen LogP contribution in [-0.2, 0) is 26.1 Å². The van der Waals surface area contributed by atoms with Gasteiger partial charge in [0.2, 0.25) is 10.0 Å². The number of hydrogen-bond donors (Lipinski definition) is 2. The molecule has 0 amide bonds. The molecule has 8 nitrogen and oxygen atoms in total. The fourth-order valence-corrected chi connectivity index (χ4v) is 5.55. The molecule has 1 aromatic heterocycles. The zero-order chi connectivity index (χ0) is 22.7. The number of rotatable bonds is 5. The Balaban J connectivity index is 0.000000339. The second-order valence-electron chi connectivity index (χ2n) is 8.21. The Kier molecular flexibility index (Phi) is 7.24. The standard InChI is InChI=1S/C17H25N3O3S.C2HF3O2/c21-24(22,16-3-4-16)19-15-5-9-23-17(10-15)6-8-20(13-17)12-14-2-1-7-18-11-14;3-2(4,5)1(6)7/h1-2,7,11,15-16,19H,3-6,8-10,12-13H2;(H,6,7)/t15-,17-;/m1./s1. The minimum absolute atomic E-state index is 0.0164. The molecule has 174 valence electrons. The molecule has 3 heterocycles. The molecule has 1 saturated carbocycles. The molecular weight excluding hydrogens is 439 g/mol. The number of nitrogens with zero attached hydrogens (tertiary/aromatic N) is 2. The van der Waals surface area contributed by atoms with Gasteiger partial charge < -0.3 is 9.84 Å². The van der Waals surface area contributed by atoms with Crippen molar-refractivity contribution in [1.82, 2.24) is 14.6 Å². The molecule has 2 aliphatic heterocycles. The zero-order valence-corrected chi connectivity index (χ0v) is 17.7. The van der Waals surface area contributed by atoms with Crippen LogP contribution in [0.15, 0.2) is 24.5 Å². The molecule has 1 aliphatic carbocycles. The summed E-state index contributed by atoms with van der Waals surface area (Å²) in [6.07, 6.45) is 2.74. The highest BCUT2D eigenvalue weighted by molar-refractivity contribution is 7.90. The summed E-state index contributed by atoms with van der Waals surface area (Å²) in [7, 11) is -3.12. The number of nitrogens with one attached hydrogen (secondary N) is 1. The van der Waals surface area contributed by atoms with Crippen molar-refractivity contribution in [1.29, 1.82) is 0 Å². The number of likely N-dealkylation sites (tertiary alicyclic amines) is 1. The van der Waals surface area contributed by atoms with Gasteiger partial charge in [-0.2, -0.15) is 13.2 Å². The first-order valence-electron chi connectivity index (χ1n) is 10.1. The van der Waals surface area contributed by atoms with Crippen molar-refractivity contribution in [2.24, 2.45) is 0 Å². The number of hydrogen-bond acceptors (Lipinski definition) is 6. The minimum Gasteiger partial charge on any atom is -0.475 e. The summed E-state index contributed by atoms with van der Waals surface area (Å²) in [5, 5.41) is 6.97. The number of alkyl halides is 3. The second kappa shape index (κ2) is 9.39. The van der Waals surface area contributed by atoms with Crippen molar-refractivity contribution in [3.05, 3.63) is 30.1 Å². The van der Waals surface area contributed by atoms with E-state index >= 15 is 0 Å². The number of carbonyl (C=O) groups is 1. The molecular formula is C19H26F3N3O5S. The van der Waals surface area contributed by atoms with Crippen LogP contribution >= 0.6 is 0 Å². The number of halogens is 3. The normalized spacial score (nSPS) is 27.0. The minimum atomic E-state index is -5.08. The van der Waals surface area contributed by atoms with Crippen molar-refractivity contribution < 1.29 is 36.2 Å². The van der Waals surface area contributed by atoms with Crippen LogP contribution in [-0.4, -0.2) is 72.1 Å². The predicted octanol–water partition coefficient (Wildman–Crippen LogP) is 1.92. The Bertz CT molecular complexity index is 864. The molecule has 3 aliphatic rings. The maximum Gasteiger partial charge on any atom is 0.490 e. The SMILES string of the molecule is O=C(O)C(F)(F)F.O=S(=O)(N[C@@H]1CCO[C@]2(CCN(Cc3cccnc3)C2)C1)C1CC1. The van der Waals surface area contributed by atoms with E-state index in [1.807, 2.05) is 12.3 Å². The Labute approximate surface area is 178 Å². The first-order valence-corrected chi connectivity index (χ1v) is 11.6. The van der Waals surface area contributed by atoms with E-state index in [4.69, 9.17) is 14.6 Å². The van der Waals surface area contributed by atoms with Gasteiger partial charge in [-0.15, -0.1) is 0 Å². The first kappa shape index (κ1) is 23.9. The van der Waals surface area contributed by atoms with Crippen LogP contribution in [0.2, 0.25) is 0 Å². The highest BCUT2D eigenvalue weighted by Gasteiger charge is 2.45.